The number of nitrogens with one attached hydrogen (secondary N) is 1. The van der Waals surface area contributed by atoms with Crippen LogP contribution in [0.1, 0.15) is 0 Å². The third-order valence-electron chi connectivity index (χ3n) is 1.86. The number of para-hydroxylation sites is 2. The monoisotopic (exact) mass is 179 g/mol. The van der Waals surface area contributed by atoms with Gasteiger partial charge in [0.1, 0.15) is 0 Å². The van der Waals surface area contributed by atoms with Crippen LogP contribution in [0.15, 0.2) is 36.0 Å². The SMILES string of the molecule is NC1=C(O)Nc2ccccc2N1O. The van der Waals surface area contributed by atoms with E-state index in [9.17, 15) is 10.3 Å². The Bertz CT molecular complexity index is 375. The normalized spacial score (nSPS) is 15.3. The highest BCUT2D eigenvalue weighted by atomic mass is 16.5. The zero-order chi connectivity index (χ0) is 9.42. The predicted octanol–water partition coefficient (Wildman–Crippen LogP) is 0.951. The Labute approximate surface area is 74.7 Å². The molecular weight excluding hydrogens is 170 g/mol. The maximum Gasteiger partial charge on any atom is 0.233 e. The Morgan fingerprint density at radius 3 is 2.77 bits per heavy atom. The second-order valence-corrected chi connectivity index (χ2v) is 2.69. The van der Waals surface area contributed by atoms with Crippen molar-refractivity contribution in [2.24, 2.45) is 5.73 Å². The standard InChI is InChI=1S/C8H9N3O2/c9-7-8(12)10-5-3-1-2-4-6(5)11(7)13/h1-4,10,12-13H,9H2. The van der Waals surface area contributed by atoms with Crippen molar-refractivity contribution in [3.63, 3.8) is 0 Å². The summed E-state index contributed by atoms with van der Waals surface area (Å²) in [5, 5.41) is 22.1. The molecule has 0 spiro atoms. The fraction of sp³-hybridized carbons (Fsp3) is 0. The van der Waals surface area contributed by atoms with Gasteiger partial charge in [-0.15, -0.1) is 0 Å². The summed E-state index contributed by atoms with van der Waals surface area (Å²) in [6, 6.07) is 6.96. The first-order chi connectivity index (χ1) is 6.20. The van der Waals surface area contributed by atoms with E-state index in [1.807, 2.05) is 0 Å². The molecule has 1 heterocycles. The molecule has 5 nitrogen and oxygen atoms in total. The van der Waals surface area contributed by atoms with Crippen molar-refractivity contribution in [3.8, 4) is 0 Å². The van der Waals surface area contributed by atoms with Gasteiger partial charge in [0.25, 0.3) is 0 Å². The van der Waals surface area contributed by atoms with Crippen molar-refractivity contribution >= 4 is 11.4 Å². The summed E-state index contributed by atoms with van der Waals surface area (Å²) in [7, 11) is 0. The first-order valence-corrected chi connectivity index (χ1v) is 3.74. The number of hydrogen-bond acceptors (Lipinski definition) is 5. The molecule has 0 bridgehead atoms. The summed E-state index contributed by atoms with van der Waals surface area (Å²) < 4.78 is 0. The molecule has 5 heteroatoms. The number of nitrogens with two attached hydrogens (primary N) is 1. The van der Waals surface area contributed by atoms with Gasteiger partial charge in [0.2, 0.25) is 5.88 Å². The number of aliphatic hydroxyl groups is 1. The molecule has 0 fully saturated rings. The lowest BCUT2D eigenvalue weighted by molar-refractivity contribution is 0.267. The lowest BCUT2D eigenvalue weighted by Gasteiger charge is -2.25. The van der Waals surface area contributed by atoms with Crippen LogP contribution in [0.25, 0.3) is 0 Å². The van der Waals surface area contributed by atoms with Gasteiger partial charge in [-0.25, -0.2) is 5.06 Å². The van der Waals surface area contributed by atoms with E-state index in [1.165, 1.54) is 0 Å². The molecule has 1 aromatic carbocycles. The van der Waals surface area contributed by atoms with Crippen LogP contribution >= 0.6 is 0 Å². The number of anilines is 2. The van der Waals surface area contributed by atoms with Crippen molar-refractivity contribution in [1.82, 2.24) is 0 Å². The van der Waals surface area contributed by atoms with E-state index in [1.54, 1.807) is 24.3 Å². The van der Waals surface area contributed by atoms with Crippen LogP contribution in [0, 0.1) is 0 Å². The zero-order valence-electron chi connectivity index (χ0n) is 6.73. The van der Waals surface area contributed by atoms with Gasteiger partial charge in [0.05, 0.1) is 11.4 Å². The summed E-state index contributed by atoms with van der Waals surface area (Å²) >= 11 is 0. The minimum atomic E-state index is -0.249. The molecule has 1 aliphatic rings. The molecule has 0 aliphatic carbocycles. The summed E-state index contributed by atoms with van der Waals surface area (Å²) in [5.74, 6) is -0.361. The summed E-state index contributed by atoms with van der Waals surface area (Å²) in [5.41, 5.74) is 6.50. The number of nitrogens with zero attached hydrogens (tertiary/aromatic N) is 1. The molecular formula is C8H9N3O2. The van der Waals surface area contributed by atoms with E-state index in [4.69, 9.17) is 5.73 Å². The van der Waals surface area contributed by atoms with Gasteiger partial charge in [-0.3, -0.25) is 5.21 Å². The summed E-state index contributed by atoms with van der Waals surface area (Å²) in [4.78, 5) is 0. The van der Waals surface area contributed by atoms with Gasteiger partial charge in [-0.05, 0) is 12.1 Å². The summed E-state index contributed by atoms with van der Waals surface area (Å²) in [6.45, 7) is 0. The molecule has 13 heavy (non-hydrogen) atoms. The van der Waals surface area contributed by atoms with Crippen molar-refractivity contribution in [2.45, 2.75) is 0 Å². The molecule has 1 aliphatic heterocycles. The predicted molar refractivity (Wildman–Crippen MR) is 48.2 cm³/mol. The topological polar surface area (TPSA) is 81.8 Å². The molecule has 0 saturated heterocycles. The maximum absolute atomic E-state index is 9.45. The number of hydroxylamine groups is 1. The highest BCUT2D eigenvalue weighted by Gasteiger charge is 2.20. The van der Waals surface area contributed by atoms with Crippen LogP contribution in [-0.2, 0) is 0 Å². The molecule has 2 rings (SSSR count). The van der Waals surface area contributed by atoms with Gasteiger partial charge in [-0.1, -0.05) is 12.1 Å². The quantitative estimate of drug-likeness (QED) is 0.476. The Balaban J connectivity index is 2.52. The molecule has 68 valence electrons. The van der Waals surface area contributed by atoms with E-state index in [0.717, 1.165) is 5.06 Å². The lowest BCUT2D eigenvalue weighted by Crippen LogP contribution is -2.31. The minimum absolute atomic E-state index is 0.112. The fourth-order valence-corrected chi connectivity index (χ4v) is 1.19. The minimum Gasteiger partial charge on any atom is -0.492 e. The number of rotatable bonds is 0. The van der Waals surface area contributed by atoms with Gasteiger partial charge < -0.3 is 16.2 Å². The van der Waals surface area contributed by atoms with Crippen molar-refractivity contribution in [3.05, 3.63) is 36.0 Å². The second kappa shape index (κ2) is 2.56. The Kier molecular flexibility index (Phi) is 1.53. The average Bonchev–Trinajstić information content (AvgIpc) is 2.15. The van der Waals surface area contributed by atoms with Gasteiger partial charge in [0, 0.05) is 0 Å². The molecule has 0 aromatic heterocycles. The van der Waals surface area contributed by atoms with Crippen LogP contribution in [0.5, 0.6) is 0 Å². The van der Waals surface area contributed by atoms with Crippen molar-refractivity contribution < 1.29 is 10.3 Å². The highest BCUT2D eigenvalue weighted by molar-refractivity contribution is 5.74. The Morgan fingerprint density at radius 2 is 2.00 bits per heavy atom. The summed E-state index contributed by atoms with van der Waals surface area (Å²) in [6.07, 6.45) is 0. The van der Waals surface area contributed by atoms with Crippen LogP contribution in [0.4, 0.5) is 11.4 Å². The molecule has 0 radical (unpaired) electrons. The van der Waals surface area contributed by atoms with Gasteiger partial charge in [0.15, 0.2) is 5.82 Å². The number of fused-ring (bicyclic) bond motifs is 1. The average molecular weight is 179 g/mol. The number of benzene rings is 1. The number of hydrogen-bond donors (Lipinski definition) is 4. The molecule has 0 unspecified atom stereocenters. The smallest absolute Gasteiger partial charge is 0.233 e. The highest BCUT2D eigenvalue weighted by Crippen LogP contribution is 2.30. The second-order valence-electron chi connectivity index (χ2n) is 2.69. The lowest BCUT2D eigenvalue weighted by atomic mass is 10.2. The molecule has 5 N–H and O–H groups in total. The van der Waals surface area contributed by atoms with Crippen LogP contribution in [0.3, 0.4) is 0 Å². The first-order valence-electron chi connectivity index (χ1n) is 3.74. The molecule has 0 atom stereocenters. The molecule has 1 aromatic rings. The van der Waals surface area contributed by atoms with Crippen molar-refractivity contribution in [2.75, 3.05) is 10.4 Å². The van der Waals surface area contributed by atoms with Gasteiger partial charge >= 0.3 is 0 Å². The first kappa shape index (κ1) is 7.75. The Hall–Kier alpha value is -1.88. The van der Waals surface area contributed by atoms with E-state index in [0.29, 0.717) is 11.4 Å². The fourth-order valence-electron chi connectivity index (χ4n) is 1.19. The van der Waals surface area contributed by atoms with E-state index in [2.05, 4.69) is 5.32 Å². The van der Waals surface area contributed by atoms with E-state index >= 15 is 0 Å². The van der Waals surface area contributed by atoms with Gasteiger partial charge in [-0.2, -0.15) is 0 Å². The van der Waals surface area contributed by atoms with E-state index in [-0.39, 0.29) is 11.7 Å². The largest absolute Gasteiger partial charge is 0.492 e. The van der Waals surface area contributed by atoms with Crippen LogP contribution < -0.4 is 16.1 Å². The van der Waals surface area contributed by atoms with Crippen LogP contribution in [0.2, 0.25) is 0 Å². The van der Waals surface area contributed by atoms with E-state index < -0.39 is 0 Å². The molecule has 0 amide bonds. The number of aliphatic hydroxyl groups excluding tert-OH is 1. The zero-order valence-corrected chi connectivity index (χ0v) is 6.73. The Morgan fingerprint density at radius 1 is 1.31 bits per heavy atom. The third kappa shape index (κ3) is 1.06. The molecule has 0 saturated carbocycles. The van der Waals surface area contributed by atoms with Crippen molar-refractivity contribution in [1.29, 1.82) is 0 Å². The third-order valence-corrected chi connectivity index (χ3v) is 1.86. The maximum atomic E-state index is 9.45. The van der Waals surface area contributed by atoms with Crippen LogP contribution in [-0.4, -0.2) is 10.3 Å².